The van der Waals surface area contributed by atoms with Gasteiger partial charge in [-0.3, -0.25) is 4.98 Å². The van der Waals surface area contributed by atoms with Crippen LogP contribution in [0.25, 0.3) is 11.1 Å². The number of nitrogen functional groups attached to an aromatic ring is 1. The second-order valence-corrected chi connectivity index (χ2v) is 3.16. The van der Waals surface area contributed by atoms with Crippen molar-refractivity contribution in [3.05, 3.63) is 42.4 Å². The summed E-state index contributed by atoms with van der Waals surface area (Å²) in [5, 5.41) is 0. The summed E-state index contributed by atoms with van der Waals surface area (Å²) in [6.45, 7) is 2.05. The van der Waals surface area contributed by atoms with Gasteiger partial charge in [-0.05, 0) is 36.2 Å². The number of nitrogens with two attached hydrogens (primary N) is 1. The topological polar surface area (TPSA) is 51.8 Å². The second-order valence-electron chi connectivity index (χ2n) is 3.16. The van der Waals surface area contributed by atoms with Gasteiger partial charge in [0.15, 0.2) is 0 Å². The van der Waals surface area contributed by atoms with Crippen molar-refractivity contribution in [3.8, 4) is 11.1 Å². The second kappa shape index (κ2) is 3.46. The minimum absolute atomic E-state index is 0.533. The van der Waals surface area contributed by atoms with Crippen molar-refractivity contribution in [3.63, 3.8) is 0 Å². The number of aromatic nitrogens is 2. The molecular formula is C11H11N3. The molecule has 2 heterocycles. The first-order valence-electron chi connectivity index (χ1n) is 4.40. The van der Waals surface area contributed by atoms with Crippen LogP contribution in [-0.2, 0) is 0 Å². The van der Waals surface area contributed by atoms with E-state index >= 15 is 0 Å². The van der Waals surface area contributed by atoms with E-state index in [0.717, 1.165) is 11.1 Å². The van der Waals surface area contributed by atoms with Crippen molar-refractivity contribution >= 4 is 5.82 Å². The largest absolute Gasteiger partial charge is 0.384 e. The average Bonchev–Trinajstić information content (AvgIpc) is 2.18. The third-order valence-corrected chi connectivity index (χ3v) is 2.13. The number of hydrogen-bond donors (Lipinski definition) is 1. The summed E-state index contributed by atoms with van der Waals surface area (Å²) >= 11 is 0. The zero-order valence-corrected chi connectivity index (χ0v) is 7.94. The molecule has 0 aliphatic rings. The molecule has 0 aliphatic carbocycles. The lowest BCUT2D eigenvalue weighted by atomic mass is 10.0. The van der Waals surface area contributed by atoms with Crippen molar-refractivity contribution in [2.45, 2.75) is 6.92 Å². The number of aryl methyl sites for hydroxylation is 1. The SMILES string of the molecule is Cc1ccncc1-c1ccnc(N)c1. The minimum Gasteiger partial charge on any atom is -0.384 e. The maximum Gasteiger partial charge on any atom is 0.123 e. The molecule has 0 fully saturated rings. The van der Waals surface area contributed by atoms with E-state index < -0.39 is 0 Å². The lowest BCUT2D eigenvalue weighted by Crippen LogP contribution is -1.91. The van der Waals surface area contributed by atoms with Crippen molar-refractivity contribution in [2.75, 3.05) is 5.73 Å². The summed E-state index contributed by atoms with van der Waals surface area (Å²) in [4.78, 5) is 8.04. The summed E-state index contributed by atoms with van der Waals surface area (Å²) in [6, 6.07) is 5.76. The van der Waals surface area contributed by atoms with Gasteiger partial charge in [0.05, 0.1) is 0 Å². The first-order valence-corrected chi connectivity index (χ1v) is 4.40. The Hall–Kier alpha value is -1.90. The molecule has 0 spiro atoms. The predicted molar refractivity (Wildman–Crippen MR) is 56.6 cm³/mol. The first kappa shape index (κ1) is 8.69. The maximum absolute atomic E-state index is 5.61. The number of rotatable bonds is 1. The van der Waals surface area contributed by atoms with Crippen LogP contribution in [0.1, 0.15) is 5.56 Å². The molecule has 0 aliphatic heterocycles. The zero-order chi connectivity index (χ0) is 9.97. The molecule has 2 N–H and O–H groups in total. The Bertz CT molecular complexity index is 452. The Balaban J connectivity index is 2.55. The van der Waals surface area contributed by atoms with Gasteiger partial charge in [0.25, 0.3) is 0 Å². The summed E-state index contributed by atoms with van der Waals surface area (Å²) in [5.74, 6) is 0.533. The lowest BCUT2D eigenvalue weighted by Gasteiger charge is -2.04. The molecule has 2 aromatic rings. The number of hydrogen-bond acceptors (Lipinski definition) is 3. The van der Waals surface area contributed by atoms with Crippen molar-refractivity contribution in [1.82, 2.24) is 9.97 Å². The van der Waals surface area contributed by atoms with Gasteiger partial charge >= 0.3 is 0 Å². The van der Waals surface area contributed by atoms with Crippen LogP contribution in [0.3, 0.4) is 0 Å². The fraction of sp³-hybridized carbons (Fsp3) is 0.0909. The third kappa shape index (κ3) is 1.57. The highest BCUT2D eigenvalue weighted by atomic mass is 14.8. The van der Waals surface area contributed by atoms with Gasteiger partial charge in [-0.1, -0.05) is 0 Å². The van der Waals surface area contributed by atoms with Gasteiger partial charge in [-0.2, -0.15) is 0 Å². The van der Waals surface area contributed by atoms with Crippen LogP contribution >= 0.6 is 0 Å². The molecule has 14 heavy (non-hydrogen) atoms. The van der Waals surface area contributed by atoms with E-state index in [9.17, 15) is 0 Å². The Morgan fingerprint density at radius 1 is 1.21 bits per heavy atom. The molecule has 0 saturated heterocycles. The summed E-state index contributed by atoms with van der Waals surface area (Å²) in [6.07, 6.45) is 5.32. The first-order chi connectivity index (χ1) is 6.77. The molecule has 0 atom stereocenters. The Labute approximate surface area is 82.6 Å². The van der Waals surface area contributed by atoms with Crippen LogP contribution in [0.2, 0.25) is 0 Å². The van der Waals surface area contributed by atoms with Gasteiger partial charge in [-0.25, -0.2) is 4.98 Å². The number of anilines is 1. The van der Waals surface area contributed by atoms with E-state index in [1.54, 1.807) is 12.4 Å². The van der Waals surface area contributed by atoms with E-state index in [2.05, 4.69) is 9.97 Å². The van der Waals surface area contributed by atoms with E-state index in [1.807, 2.05) is 31.3 Å². The molecule has 2 aromatic heterocycles. The van der Waals surface area contributed by atoms with Crippen LogP contribution in [0, 0.1) is 6.92 Å². The Morgan fingerprint density at radius 2 is 2.07 bits per heavy atom. The lowest BCUT2D eigenvalue weighted by molar-refractivity contribution is 1.27. The van der Waals surface area contributed by atoms with E-state index in [1.165, 1.54) is 5.56 Å². The molecule has 3 nitrogen and oxygen atoms in total. The van der Waals surface area contributed by atoms with Crippen molar-refractivity contribution < 1.29 is 0 Å². The number of pyridine rings is 2. The Morgan fingerprint density at radius 3 is 2.79 bits per heavy atom. The van der Waals surface area contributed by atoms with Crippen molar-refractivity contribution in [2.24, 2.45) is 0 Å². The average molecular weight is 185 g/mol. The molecule has 70 valence electrons. The molecule has 0 bridgehead atoms. The third-order valence-electron chi connectivity index (χ3n) is 2.13. The van der Waals surface area contributed by atoms with Crippen LogP contribution in [0.5, 0.6) is 0 Å². The van der Waals surface area contributed by atoms with Gasteiger partial charge in [-0.15, -0.1) is 0 Å². The summed E-state index contributed by atoms with van der Waals surface area (Å²) < 4.78 is 0. The fourth-order valence-electron chi connectivity index (χ4n) is 1.38. The maximum atomic E-state index is 5.61. The van der Waals surface area contributed by atoms with E-state index in [4.69, 9.17) is 5.73 Å². The molecule has 3 heteroatoms. The summed E-state index contributed by atoms with van der Waals surface area (Å²) in [5.41, 5.74) is 8.96. The van der Waals surface area contributed by atoms with Gasteiger partial charge in [0.2, 0.25) is 0 Å². The number of nitrogens with zero attached hydrogens (tertiary/aromatic N) is 2. The molecule has 2 rings (SSSR count). The highest BCUT2D eigenvalue weighted by molar-refractivity contribution is 5.67. The van der Waals surface area contributed by atoms with Gasteiger partial charge < -0.3 is 5.73 Å². The highest BCUT2D eigenvalue weighted by Crippen LogP contribution is 2.22. The summed E-state index contributed by atoms with van der Waals surface area (Å²) in [7, 11) is 0. The molecule has 0 saturated carbocycles. The molecular weight excluding hydrogens is 174 g/mol. The van der Waals surface area contributed by atoms with Crippen LogP contribution in [0.4, 0.5) is 5.82 Å². The molecule has 0 amide bonds. The standard InChI is InChI=1S/C11H11N3/c1-8-2-4-13-7-10(8)9-3-5-14-11(12)6-9/h2-7H,1H3,(H2,12,14). The highest BCUT2D eigenvalue weighted by Gasteiger charge is 2.01. The van der Waals surface area contributed by atoms with Gasteiger partial charge in [0.1, 0.15) is 5.82 Å². The zero-order valence-electron chi connectivity index (χ0n) is 7.94. The predicted octanol–water partition coefficient (Wildman–Crippen LogP) is 2.03. The van der Waals surface area contributed by atoms with Crippen molar-refractivity contribution in [1.29, 1.82) is 0 Å². The molecule has 0 unspecified atom stereocenters. The van der Waals surface area contributed by atoms with Crippen LogP contribution < -0.4 is 5.73 Å². The Kier molecular flexibility index (Phi) is 2.14. The molecule has 0 aromatic carbocycles. The van der Waals surface area contributed by atoms with Crippen LogP contribution in [-0.4, -0.2) is 9.97 Å². The minimum atomic E-state index is 0.533. The van der Waals surface area contributed by atoms with Gasteiger partial charge in [0, 0.05) is 24.2 Å². The fourth-order valence-corrected chi connectivity index (χ4v) is 1.38. The quantitative estimate of drug-likeness (QED) is 0.739. The smallest absolute Gasteiger partial charge is 0.123 e. The van der Waals surface area contributed by atoms with E-state index in [-0.39, 0.29) is 0 Å². The normalized spacial score (nSPS) is 10.1. The monoisotopic (exact) mass is 185 g/mol. The van der Waals surface area contributed by atoms with E-state index in [0.29, 0.717) is 5.82 Å². The molecule has 0 radical (unpaired) electrons. The van der Waals surface area contributed by atoms with Crippen LogP contribution in [0.15, 0.2) is 36.8 Å².